The zero-order valence-corrected chi connectivity index (χ0v) is 26.3. The Morgan fingerprint density at radius 3 is 2.29 bits per heavy atom. The van der Waals surface area contributed by atoms with Gasteiger partial charge in [-0.05, 0) is 69.6 Å². The van der Waals surface area contributed by atoms with Crippen LogP contribution in [0.25, 0.3) is 5.69 Å². The lowest BCUT2D eigenvalue weighted by Gasteiger charge is -2.21. The number of aliphatic imine (C=N–C) groups is 1. The highest BCUT2D eigenvalue weighted by atomic mass is 19.4. The summed E-state index contributed by atoms with van der Waals surface area (Å²) in [6.45, 7) is 0.989. The molecule has 4 N–H and O–H groups in total. The fourth-order valence-electron chi connectivity index (χ4n) is 4.86. The number of benzene rings is 3. The number of amides is 2. The van der Waals surface area contributed by atoms with Gasteiger partial charge >= 0.3 is 17.9 Å². The summed E-state index contributed by atoms with van der Waals surface area (Å²) in [4.78, 5) is 46.1. The Hall–Kier alpha value is -5.51. The van der Waals surface area contributed by atoms with Crippen molar-refractivity contribution in [1.29, 1.82) is 0 Å². The fourth-order valence-corrected chi connectivity index (χ4v) is 4.86. The number of ether oxygens (including phenoxy) is 1. The molecule has 0 unspecified atom stereocenters. The highest BCUT2D eigenvalue weighted by molar-refractivity contribution is 6.06. The molecule has 0 radical (unpaired) electrons. The minimum absolute atomic E-state index is 0.0534. The molecule has 0 aliphatic carbocycles. The number of rotatable bonds is 10. The Bertz CT molecular complexity index is 1970. The molecule has 4 rings (SSSR count). The maximum absolute atomic E-state index is 15.6. The van der Waals surface area contributed by atoms with Gasteiger partial charge in [0.1, 0.15) is 17.2 Å². The number of nitrogens with two attached hydrogens (primary N) is 1. The normalized spacial score (nSPS) is 11.9. The summed E-state index contributed by atoms with van der Waals surface area (Å²) in [6, 6.07) is 11.6. The van der Waals surface area contributed by atoms with Gasteiger partial charge in [-0.25, -0.2) is 22.9 Å². The molecule has 4 aromatic rings. The van der Waals surface area contributed by atoms with Crippen LogP contribution in [0.2, 0.25) is 0 Å². The van der Waals surface area contributed by atoms with Crippen molar-refractivity contribution in [2.75, 3.05) is 45.3 Å². The molecule has 0 saturated carbocycles. The van der Waals surface area contributed by atoms with Gasteiger partial charge in [-0.1, -0.05) is 12.1 Å². The van der Waals surface area contributed by atoms with E-state index < -0.39 is 69.8 Å². The fraction of sp³-hybridized carbons (Fsp3) is 0.250. The number of anilines is 2. The number of carbonyl (C=O) groups is 1. The summed E-state index contributed by atoms with van der Waals surface area (Å²) in [7, 11) is 4.43. The third-order valence-corrected chi connectivity index (χ3v) is 7.01. The number of hydrogen-bond donors (Lipinski definition) is 3. The highest BCUT2D eigenvalue weighted by Crippen LogP contribution is 2.34. The minimum Gasteiger partial charge on any atom is -0.494 e. The van der Waals surface area contributed by atoms with Crippen LogP contribution >= 0.6 is 0 Å². The van der Waals surface area contributed by atoms with E-state index in [4.69, 9.17) is 10.5 Å². The van der Waals surface area contributed by atoms with Gasteiger partial charge in [-0.2, -0.15) is 13.2 Å². The van der Waals surface area contributed by atoms with Gasteiger partial charge < -0.3 is 26.0 Å². The standard InChI is InChI=1S/C32H32F5N7O4/c1-5-39-30(46)41-19-14-12-18(13-15-19)40-23(17-42(2)3)26-28(38)43(16-20-21(32(35,36)37)8-6-9-22(20)33)31(47)44(29(26)45)24-10-7-11-25(48-4)27(24)34/h6-15H,5,16-17,38H2,1-4H3,(H2,39,41,46). The van der Waals surface area contributed by atoms with Gasteiger partial charge in [-0.15, -0.1) is 0 Å². The van der Waals surface area contributed by atoms with Gasteiger partial charge in [0, 0.05) is 24.3 Å². The molecule has 0 fully saturated rings. The van der Waals surface area contributed by atoms with Crippen molar-refractivity contribution in [2.45, 2.75) is 19.6 Å². The van der Waals surface area contributed by atoms with Crippen LogP contribution in [-0.2, 0) is 12.7 Å². The molecule has 3 aromatic carbocycles. The predicted molar refractivity (Wildman–Crippen MR) is 172 cm³/mol. The van der Waals surface area contributed by atoms with Gasteiger partial charge in [0.2, 0.25) is 0 Å². The maximum Gasteiger partial charge on any atom is 0.416 e. The number of urea groups is 1. The monoisotopic (exact) mass is 673 g/mol. The zero-order chi connectivity index (χ0) is 35.3. The SMILES string of the molecule is CCNC(=O)Nc1ccc(N=C(CN(C)C)c2c(N)n(Cc3c(F)cccc3C(F)(F)F)c(=O)n(-c3cccc(OC)c3F)c2=O)cc1. The predicted octanol–water partition coefficient (Wildman–Crippen LogP) is 4.76. The Morgan fingerprint density at radius 1 is 1.02 bits per heavy atom. The van der Waals surface area contributed by atoms with Crippen molar-refractivity contribution in [3.8, 4) is 11.4 Å². The number of alkyl halides is 3. The number of nitrogens with zero attached hydrogens (tertiary/aromatic N) is 4. The molecule has 0 atom stereocenters. The quantitative estimate of drug-likeness (QED) is 0.164. The second-order valence-corrected chi connectivity index (χ2v) is 10.7. The van der Waals surface area contributed by atoms with Gasteiger partial charge in [0.15, 0.2) is 11.6 Å². The van der Waals surface area contributed by atoms with E-state index in [1.54, 1.807) is 25.9 Å². The molecule has 254 valence electrons. The zero-order valence-electron chi connectivity index (χ0n) is 26.3. The average molecular weight is 674 g/mol. The van der Waals surface area contributed by atoms with Crippen LogP contribution in [0.15, 0.2) is 75.2 Å². The number of methoxy groups -OCH3 is 1. The van der Waals surface area contributed by atoms with Crippen molar-refractivity contribution in [3.05, 3.63) is 110 Å². The molecule has 1 aromatic heterocycles. The van der Waals surface area contributed by atoms with Crippen molar-refractivity contribution < 1.29 is 31.5 Å². The Balaban J connectivity index is 2.03. The number of nitrogen functional groups attached to an aromatic ring is 1. The van der Waals surface area contributed by atoms with Crippen LogP contribution in [0, 0.1) is 11.6 Å². The number of likely N-dealkylation sites (N-methyl/N-ethyl adjacent to an activating group) is 1. The lowest BCUT2D eigenvalue weighted by Crippen LogP contribution is -2.45. The number of halogens is 5. The second kappa shape index (κ2) is 14.5. The van der Waals surface area contributed by atoms with Crippen LogP contribution in [0.3, 0.4) is 0 Å². The topological polar surface area (TPSA) is 136 Å². The van der Waals surface area contributed by atoms with Crippen LogP contribution in [0.5, 0.6) is 5.75 Å². The summed E-state index contributed by atoms with van der Waals surface area (Å²) in [5, 5.41) is 5.21. The molecule has 2 amide bonds. The average Bonchev–Trinajstić information content (AvgIpc) is 3.01. The molecular formula is C32H32F5N7O4. The van der Waals surface area contributed by atoms with Crippen molar-refractivity contribution in [1.82, 2.24) is 19.4 Å². The first-order valence-corrected chi connectivity index (χ1v) is 14.4. The smallest absolute Gasteiger partial charge is 0.416 e. The van der Waals surface area contributed by atoms with E-state index in [-0.39, 0.29) is 23.7 Å². The van der Waals surface area contributed by atoms with Gasteiger partial charge in [-0.3, -0.25) is 14.4 Å². The van der Waals surface area contributed by atoms with Crippen LogP contribution in [-0.4, -0.2) is 60.1 Å². The number of hydrogen-bond acceptors (Lipinski definition) is 7. The lowest BCUT2D eigenvalue weighted by molar-refractivity contribution is -0.138. The molecule has 0 aliphatic rings. The summed E-state index contributed by atoms with van der Waals surface area (Å²) in [6.07, 6.45) is -5.01. The summed E-state index contributed by atoms with van der Waals surface area (Å²) < 4.78 is 78.4. The highest BCUT2D eigenvalue weighted by Gasteiger charge is 2.35. The first-order valence-electron chi connectivity index (χ1n) is 14.4. The number of carbonyl (C=O) groups excluding carboxylic acids is 1. The molecule has 1 heterocycles. The number of aromatic nitrogens is 2. The third kappa shape index (κ3) is 7.54. The first kappa shape index (κ1) is 35.3. The first-order chi connectivity index (χ1) is 22.7. The second-order valence-electron chi connectivity index (χ2n) is 10.7. The van der Waals surface area contributed by atoms with Gasteiger partial charge in [0.25, 0.3) is 5.56 Å². The van der Waals surface area contributed by atoms with E-state index in [0.29, 0.717) is 27.4 Å². The molecule has 0 saturated heterocycles. The molecule has 0 spiro atoms. The van der Waals surface area contributed by atoms with Crippen molar-refractivity contribution in [3.63, 3.8) is 0 Å². The van der Waals surface area contributed by atoms with E-state index >= 15 is 8.78 Å². The summed E-state index contributed by atoms with van der Waals surface area (Å²) >= 11 is 0. The maximum atomic E-state index is 15.6. The van der Waals surface area contributed by atoms with E-state index in [9.17, 15) is 27.6 Å². The minimum atomic E-state index is -5.01. The molecule has 0 bridgehead atoms. The largest absolute Gasteiger partial charge is 0.494 e. The van der Waals surface area contributed by atoms with Crippen LogP contribution in [0.1, 0.15) is 23.6 Å². The molecule has 48 heavy (non-hydrogen) atoms. The summed E-state index contributed by atoms with van der Waals surface area (Å²) in [5.41, 5.74) is 1.21. The third-order valence-electron chi connectivity index (χ3n) is 7.01. The molecule has 11 nitrogen and oxygen atoms in total. The Labute approximate surface area is 271 Å². The van der Waals surface area contributed by atoms with Crippen molar-refractivity contribution >= 4 is 28.9 Å². The Morgan fingerprint density at radius 2 is 1.69 bits per heavy atom. The van der Waals surface area contributed by atoms with Gasteiger partial charge in [0.05, 0.1) is 36.3 Å². The van der Waals surface area contributed by atoms with E-state index in [0.717, 1.165) is 25.3 Å². The lowest BCUT2D eigenvalue weighted by atomic mass is 10.1. The van der Waals surface area contributed by atoms with E-state index in [1.807, 2.05) is 0 Å². The summed E-state index contributed by atoms with van der Waals surface area (Å²) in [5.74, 6) is -3.37. The van der Waals surface area contributed by atoms with E-state index in [2.05, 4.69) is 15.6 Å². The Kier molecular flexibility index (Phi) is 10.7. The molecular weight excluding hydrogens is 641 g/mol. The van der Waals surface area contributed by atoms with Crippen LogP contribution in [0.4, 0.5) is 43.9 Å². The van der Waals surface area contributed by atoms with Crippen LogP contribution < -0.4 is 32.4 Å². The molecule has 16 heteroatoms. The van der Waals surface area contributed by atoms with Crippen molar-refractivity contribution in [2.24, 2.45) is 4.99 Å². The number of nitrogens with one attached hydrogen (secondary N) is 2. The van der Waals surface area contributed by atoms with E-state index in [1.165, 1.54) is 36.4 Å². The molecule has 0 aliphatic heterocycles.